The summed E-state index contributed by atoms with van der Waals surface area (Å²) in [6.45, 7) is 0. The van der Waals surface area contributed by atoms with E-state index in [4.69, 9.17) is 0 Å². The number of sulfonamides is 1. The average molecular weight is 463 g/mol. The minimum atomic E-state index is -4.03. The zero-order valence-corrected chi connectivity index (χ0v) is 18.4. The lowest BCUT2D eigenvalue weighted by atomic mass is 10.1. The molecule has 0 aliphatic rings. The van der Waals surface area contributed by atoms with Gasteiger partial charge >= 0.3 is 5.97 Å². The van der Waals surface area contributed by atoms with E-state index in [0.717, 1.165) is 27.8 Å². The van der Waals surface area contributed by atoms with Crippen molar-refractivity contribution >= 4 is 38.2 Å². The number of aliphatic carboxylic acids is 1. The van der Waals surface area contributed by atoms with Crippen LogP contribution >= 0.6 is 11.3 Å². The molecule has 2 heterocycles. The topological polar surface area (TPSA) is 96.4 Å². The van der Waals surface area contributed by atoms with E-state index >= 15 is 0 Å². The van der Waals surface area contributed by atoms with E-state index in [1.165, 1.54) is 6.07 Å². The molecule has 0 radical (unpaired) electrons. The summed E-state index contributed by atoms with van der Waals surface area (Å²) in [4.78, 5) is 16.7. The minimum Gasteiger partial charge on any atom is -0.480 e. The molecule has 0 saturated carbocycles. The van der Waals surface area contributed by atoms with E-state index in [2.05, 4.69) is 21.5 Å². The summed E-state index contributed by atoms with van der Waals surface area (Å²) >= 11 is 0.992. The van der Waals surface area contributed by atoms with Gasteiger partial charge in [-0.3, -0.25) is 9.78 Å². The molecule has 0 aliphatic carbocycles. The highest BCUT2D eigenvalue weighted by atomic mass is 32.2. The minimum absolute atomic E-state index is 0.0118. The van der Waals surface area contributed by atoms with Crippen LogP contribution in [0.2, 0.25) is 0 Å². The average Bonchev–Trinajstić information content (AvgIpc) is 3.28. The van der Waals surface area contributed by atoms with Gasteiger partial charge in [0.05, 0.1) is 10.4 Å². The van der Waals surface area contributed by atoms with Crippen LogP contribution in [0.1, 0.15) is 16.0 Å². The van der Waals surface area contributed by atoms with Crippen molar-refractivity contribution in [2.24, 2.45) is 0 Å². The molecule has 1 atom stereocenters. The number of rotatable bonds is 6. The number of pyridine rings is 1. The van der Waals surface area contributed by atoms with Crippen molar-refractivity contribution in [2.45, 2.75) is 16.7 Å². The summed E-state index contributed by atoms with van der Waals surface area (Å²) in [7, 11) is -4.03. The Hall–Kier alpha value is -3.51. The third-order valence-electron chi connectivity index (χ3n) is 4.63. The standard InChI is InChI=1S/C24H18N2O4S2/c27-24(28)22(15-18-14-19-8-4-5-9-21(19)25-16-18)26-32(29,30)23-13-12-20(31-23)11-10-17-6-2-1-3-7-17/h1-9,12-14,16,22,26H,15H2,(H,27,28)/t22-/m0/s1. The second kappa shape index (κ2) is 9.32. The molecule has 0 fully saturated rings. The van der Waals surface area contributed by atoms with Crippen molar-refractivity contribution in [3.8, 4) is 11.8 Å². The van der Waals surface area contributed by atoms with Gasteiger partial charge < -0.3 is 5.11 Å². The number of hydrogen-bond acceptors (Lipinski definition) is 5. The molecule has 0 unspecified atom stereocenters. The number of hydrogen-bond donors (Lipinski definition) is 2. The van der Waals surface area contributed by atoms with Gasteiger partial charge in [-0.15, -0.1) is 11.3 Å². The van der Waals surface area contributed by atoms with Crippen molar-refractivity contribution < 1.29 is 18.3 Å². The van der Waals surface area contributed by atoms with Gasteiger partial charge in [0.1, 0.15) is 10.3 Å². The lowest BCUT2D eigenvalue weighted by Crippen LogP contribution is -2.42. The van der Waals surface area contributed by atoms with Crippen LogP contribution in [0, 0.1) is 11.8 Å². The smallest absolute Gasteiger partial charge is 0.322 e. The third kappa shape index (κ3) is 5.21. The number of nitrogens with one attached hydrogen (secondary N) is 1. The van der Waals surface area contributed by atoms with Crippen LogP contribution in [0.15, 0.2) is 83.2 Å². The molecule has 0 bridgehead atoms. The Bertz CT molecular complexity index is 1430. The molecular weight excluding hydrogens is 444 g/mol. The maximum Gasteiger partial charge on any atom is 0.322 e. The van der Waals surface area contributed by atoms with Crippen molar-refractivity contribution in [3.63, 3.8) is 0 Å². The molecule has 4 aromatic rings. The second-order valence-corrected chi connectivity index (χ2v) is 10.0. The molecule has 2 N–H and O–H groups in total. The molecule has 6 nitrogen and oxygen atoms in total. The van der Waals surface area contributed by atoms with Crippen LogP contribution in [0.25, 0.3) is 10.9 Å². The highest BCUT2D eigenvalue weighted by Crippen LogP contribution is 2.22. The number of fused-ring (bicyclic) bond motifs is 1. The number of carbonyl (C=O) groups is 1. The lowest BCUT2D eigenvalue weighted by Gasteiger charge is -2.14. The fourth-order valence-corrected chi connectivity index (χ4v) is 5.44. The van der Waals surface area contributed by atoms with Gasteiger partial charge in [-0.05, 0) is 42.0 Å². The fraction of sp³-hybridized carbons (Fsp3) is 0.0833. The van der Waals surface area contributed by atoms with Gasteiger partial charge in [-0.25, -0.2) is 8.42 Å². The third-order valence-corrected chi connectivity index (χ3v) is 7.60. The molecular formula is C24H18N2O4S2. The fourth-order valence-electron chi connectivity index (χ4n) is 3.08. The van der Waals surface area contributed by atoms with Gasteiger partial charge in [-0.1, -0.05) is 48.2 Å². The molecule has 160 valence electrons. The van der Waals surface area contributed by atoms with Gasteiger partial charge in [0.25, 0.3) is 10.0 Å². The summed E-state index contributed by atoms with van der Waals surface area (Å²) in [5.41, 5.74) is 2.23. The highest BCUT2D eigenvalue weighted by Gasteiger charge is 2.27. The van der Waals surface area contributed by atoms with Crippen molar-refractivity contribution in [1.82, 2.24) is 9.71 Å². The largest absolute Gasteiger partial charge is 0.480 e. The maximum atomic E-state index is 12.8. The summed E-state index contributed by atoms with van der Waals surface area (Å²) in [6.07, 6.45) is 1.54. The van der Waals surface area contributed by atoms with E-state index < -0.39 is 22.0 Å². The number of benzene rings is 2. The van der Waals surface area contributed by atoms with Gasteiger partial charge in [-0.2, -0.15) is 4.72 Å². The van der Waals surface area contributed by atoms with Gasteiger partial charge in [0.2, 0.25) is 0 Å². The Morgan fingerprint density at radius 2 is 1.78 bits per heavy atom. The number of carboxylic acids is 1. The molecule has 0 aliphatic heterocycles. The first-order chi connectivity index (χ1) is 15.4. The quantitative estimate of drug-likeness (QED) is 0.426. The Balaban J connectivity index is 1.52. The summed E-state index contributed by atoms with van der Waals surface area (Å²) in [5, 5.41) is 10.5. The molecule has 32 heavy (non-hydrogen) atoms. The molecule has 4 rings (SSSR count). The molecule has 0 saturated heterocycles. The van der Waals surface area contributed by atoms with Crippen LogP contribution in [-0.4, -0.2) is 30.5 Å². The van der Waals surface area contributed by atoms with E-state index in [1.54, 1.807) is 12.3 Å². The maximum absolute atomic E-state index is 12.8. The SMILES string of the molecule is O=C(O)[C@H](Cc1cnc2ccccc2c1)NS(=O)(=O)c1ccc(C#Cc2ccccc2)s1. The lowest BCUT2D eigenvalue weighted by molar-refractivity contribution is -0.138. The molecule has 2 aromatic carbocycles. The highest BCUT2D eigenvalue weighted by molar-refractivity contribution is 7.91. The van der Waals surface area contributed by atoms with E-state index in [-0.39, 0.29) is 10.6 Å². The normalized spacial score (nSPS) is 12.1. The van der Waals surface area contributed by atoms with Crippen LogP contribution < -0.4 is 4.72 Å². The van der Waals surface area contributed by atoms with Gasteiger partial charge in [0, 0.05) is 23.6 Å². The first-order valence-electron chi connectivity index (χ1n) is 9.66. The first kappa shape index (κ1) is 21.7. The first-order valence-corrected chi connectivity index (χ1v) is 12.0. The van der Waals surface area contributed by atoms with Crippen molar-refractivity contribution in [1.29, 1.82) is 0 Å². The molecule has 8 heteroatoms. The zero-order chi connectivity index (χ0) is 22.6. The number of thiophene rings is 1. The monoisotopic (exact) mass is 462 g/mol. The predicted octanol–water partition coefficient (Wildman–Crippen LogP) is 3.67. The predicted molar refractivity (Wildman–Crippen MR) is 124 cm³/mol. The molecule has 0 spiro atoms. The van der Waals surface area contributed by atoms with E-state index in [1.807, 2.05) is 60.7 Å². The number of para-hydroxylation sites is 1. The summed E-state index contributed by atoms with van der Waals surface area (Å²) in [6, 6.07) is 20.3. The Labute approximate surface area is 189 Å². The number of nitrogens with zero attached hydrogens (tertiary/aromatic N) is 1. The zero-order valence-electron chi connectivity index (χ0n) is 16.7. The van der Waals surface area contributed by atoms with E-state index in [9.17, 15) is 18.3 Å². The summed E-state index contributed by atoms with van der Waals surface area (Å²) in [5.74, 6) is 4.65. The number of aromatic nitrogens is 1. The molecule has 0 amide bonds. The Morgan fingerprint density at radius 1 is 1.03 bits per heavy atom. The Morgan fingerprint density at radius 3 is 2.56 bits per heavy atom. The van der Waals surface area contributed by atoms with Crippen LogP contribution in [0.3, 0.4) is 0 Å². The van der Waals surface area contributed by atoms with Gasteiger partial charge in [0.15, 0.2) is 0 Å². The molecule has 2 aromatic heterocycles. The van der Waals surface area contributed by atoms with E-state index in [0.29, 0.717) is 10.4 Å². The Kier molecular flexibility index (Phi) is 6.32. The van der Waals surface area contributed by atoms with Crippen LogP contribution in [0.4, 0.5) is 0 Å². The van der Waals surface area contributed by atoms with Crippen LogP contribution in [0.5, 0.6) is 0 Å². The number of carboxylic acid groups (broad SMARTS) is 1. The van der Waals surface area contributed by atoms with Crippen LogP contribution in [-0.2, 0) is 21.2 Å². The van der Waals surface area contributed by atoms with Crippen molar-refractivity contribution in [3.05, 3.63) is 95.0 Å². The van der Waals surface area contributed by atoms with Crippen molar-refractivity contribution in [2.75, 3.05) is 0 Å². The second-order valence-electron chi connectivity index (χ2n) is 6.99. The summed E-state index contributed by atoms with van der Waals surface area (Å²) < 4.78 is 27.9.